The van der Waals surface area contributed by atoms with Crippen LogP contribution in [0, 0.1) is 39.2 Å². The minimum atomic E-state index is -0.767. The Labute approximate surface area is 252 Å². The zero-order valence-corrected chi connectivity index (χ0v) is 26.7. The van der Waals surface area contributed by atoms with Gasteiger partial charge in [-0.15, -0.1) is 0 Å². The van der Waals surface area contributed by atoms with E-state index in [2.05, 4.69) is 51.9 Å². The Hall–Kier alpha value is -2.21. The van der Waals surface area contributed by atoms with Gasteiger partial charge in [-0.2, -0.15) is 0 Å². The summed E-state index contributed by atoms with van der Waals surface area (Å²) >= 11 is 0. The predicted molar refractivity (Wildman–Crippen MR) is 164 cm³/mol. The molecule has 0 radical (unpaired) electrons. The number of rotatable bonds is 18. The van der Waals surface area contributed by atoms with Gasteiger partial charge in [0, 0.05) is 25.3 Å². The molecule has 1 heterocycles. The number of nitrogens with zero attached hydrogens (tertiary/aromatic N) is 2. The molecule has 12 heteroatoms. The summed E-state index contributed by atoms with van der Waals surface area (Å²) in [4.78, 5) is 41.2. The van der Waals surface area contributed by atoms with Crippen molar-refractivity contribution in [2.45, 2.75) is 136 Å². The monoisotopic (exact) mass is 591 g/mol. The summed E-state index contributed by atoms with van der Waals surface area (Å²) in [5, 5.41) is 13.0. The van der Waals surface area contributed by atoms with Crippen molar-refractivity contribution in [3.05, 3.63) is 10.1 Å². The SMILES string of the molecule is CCCCCCCC(=O)C[C@@H](CCCN=C(N)N[N+](=O)[O-])C(=O)N[C@@H](CC(C)C)B1O[C@@H]2C[C@H]3C[C@H](C3(C)C)[C@]2(C)O1. The highest BCUT2D eigenvalue weighted by molar-refractivity contribution is 6.47. The van der Waals surface area contributed by atoms with Crippen LogP contribution in [0.15, 0.2) is 4.99 Å². The number of hydrazine groups is 1. The number of amides is 1. The normalized spacial score (nSPS) is 27.6. The minimum absolute atomic E-state index is 0.0204. The summed E-state index contributed by atoms with van der Waals surface area (Å²) in [5.41, 5.74) is 7.21. The molecule has 0 spiro atoms. The van der Waals surface area contributed by atoms with Gasteiger partial charge in [0.05, 0.1) is 17.6 Å². The Morgan fingerprint density at radius 1 is 1.14 bits per heavy atom. The Morgan fingerprint density at radius 2 is 1.86 bits per heavy atom. The van der Waals surface area contributed by atoms with E-state index in [0.29, 0.717) is 43.4 Å². The first kappa shape index (κ1) is 34.3. The van der Waals surface area contributed by atoms with Crippen LogP contribution in [0.5, 0.6) is 0 Å². The molecular formula is C30H54BN5O6. The van der Waals surface area contributed by atoms with Gasteiger partial charge < -0.3 is 20.4 Å². The number of nitro groups is 1. The number of aliphatic imine (C=N–C) groups is 1. The predicted octanol–water partition coefficient (Wildman–Crippen LogP) is 4.60. The second-order valence-electron chi connectivity index (χ2n) is 14.0. The number of unbranched alkanes of at least 4 members (excludes halogenated alkanes) is 4. The molecular weight excluding hydrogens is 537 g/mol. The molecule has 0 aromatic rings. The maximum atomic E-state index is 13.7. The largest absolute Gasteiger partial charge is 0.481 e. The van der Waals surface area contributed by atoms with Gasteiger partial charge in [0.2, 0.25) is 5.91 Å². The van der Waals surface area contributed by atoms with Crippen molar-refractivity contribution in [3.63, 3.8) is 0 Å². The van der Waals surface area contributed by atoms with Gasteiger partial charge >= 0.3 is 7.12 Å². The van der Waals surface area contributed by atoms with Crippen LogP contribution in [0.4, 0.5) is 0 Å². The van der Waals surface area contributed by atoms with Gasteiger partial charge in [0.25, 0.3) is 5.96 Å². The van der Waals surface area contributed by atoms with E-state index in [0.717, 1.165) is 44.9 Å². The van der Waals surface area contributed by atoms with E-state index in [9.17, 15) is 19.7 Å². The molecule has 0 unspecified atom stereocenters. The molecule has 1 amide bonds. The Morgan fingerprint density at radius 3 is 2.50 bits per heavy atom. The van der Waals surface area contributed by atoms with E-state index in [4.69, 9.17) is 15.0 Å². The quantitative estimate of drug-likeness (QED) is 0.0521. The first-order valence-electron chi connectivity index (χ1n) is 16.1. The van der Waals surface area contributed by atoms with Crippen LogP contribution < -0.4 is 16.5 Å². The van der Waals surface area contributed by atoms with Crippen LogP contribution in [-0.4, -0.2) is 54.0 Å². The van der Waals surface area contributed by atoms with Crippen molar-refractivity contribution in [2.75, 3.05) is 6.54 Å². The number of carbonyl (C=O) groups is 2. The first-order chi connectivity index (χ1) is 19.8. The van der Waals surface area contributed by atoms with E-state index in [1.807, 2.05) is 5.43 Å². The lowest BCUT2D eigenvalue weighted by atomic mass is 9.43. The van der Waals surface area contributed by atoms with Crippen LogP contribution in [0.3, 0.4) is 0 Å². The molecule has 238 valence electrons. The van der Waals surface area contributed by atoms with Gasteiger partial charge in [-0.1, -0.05) is 65.7 Å². The highest BCUT2D eigenvalue weighted by Gasteiger charge is 2.68. The van der Waals surface area contributed by atoms with Crippen molar-refractivity contribution < 1.29 is 23.9 Å². The lowest BCUT2D eigenvalue weighted by Gasteiger charge is -2.64. The molecule has 11 nitrogen and oxygen atoms in total. The average Bonchev–Trinajstić information content (AvgIpc) is 3.26. The standard InChI is InChI=1S/C30H54BN5O6/c1-7-8-9-10-11-14-23(37)17-21(13-12-15-33-28(32)35-36(39)40)27(38)34-26(16-20(2)3)31-41-25-19-22-18-24(29(22,4)5)30(25,6)42-31/h20-22,24-26H,7-19H2,1-6H3,(H,34,38)(H3,32,33,35)/t21-,22-,24-,25-,26+,30+/m1/s1. The third-order valence-electron chi connectivity index (χ3n) is 9.95. The van der Waals surface area contributed by atoms with Crippen molar-refractivity contribution in [1.29, 1.82) is 0 Å². The lowest BCUT2D eigenvalue weighted by Crippen LogP contribution is -2.65. The fraction of sp³-hybridized carbons (Fsp3) is 0.900. The van der Waals surface area contributed by atoms with Crippen molar-refractivity contribution >= 4 is 24.8 Å². The van der Waals surface area contributed by atoms with Crippen LogP contribution in [0.25, 0.3) is 0 Å². The Balaban J connectivity index is 1.66. The van der Waals surface area contributed by atoms with E-state index < -0.39 is 18.1 Å². The number of nitrogens with one attached hydrogen (secondary N) is 2. The molecule has 2 bridgehead atoms. The summed E-state index contributed by atoms with van der Waals surface area (Å²) in [7, 11) is -0.533. The molecule has 4 N–H and O–H groups in total. The molecule has 0 aromatic heterocycles. The van der Waals surface area contributed by atoms with E-state index in [-0.39, 0.29) is 53.7 Å². The maximum absolute atomic E-state index is 13.7. The smallest absolute Gasteiger partial charge is 0.404 e. The van der Waals surface area contributed by atoms with Crippen molar-refractivity contribution in [1.82, 2.24) is 10.7 Å². The van der Waals surface area contributed by atoms with Crippen LogP contribution in [-0.2, 0) is 18.9 Å². The summed E-state index contributed by atoms with van der Waals surface area (Å²) in [5.74, 6) is 0.116. The third-order valence-corrected chi connectivity index (χ3v) is 9.95. The van der Waals surface area contributed by atoms with Crippen LogP contribution >= 0.6 is 0 Å². The van der Waals surface area contributed by atoms with Gasteiger partial charge in [0.1, 0.15) is 5.78 Å². The third kappa shape index (κ3) is 8.68. The molecule has 3 aliphatic carbocycles. The molecule has 4 rings (SSSR count). The number of hydrogen-bond acceptors (Lipinski definition) is 7. The molecule has 4 aliphatic rings. The number of carbonyl (C=O) groups excluding carboxylic acids is 2. The van der Waals surface area contributed by atoms with Gasteiger partial charge in [-0.05, 0) is 68.6 Å². The van der Waals surface area contributed by atoms with E-state index in [1.54, 1.807) is 0 Å². The summed E-state index contributed by atoms with van der Waals surface area (Å²) in [6.45, 7) is 13.4. The van der Waals surface area contributed by atoms with Crippen molar-refractivity contribution in [3.8, 4) is 0 Å². The minimum Gasteiger partial charge on any atom is -0.404 e. The first-order valence-corrected chi connectivity index (χ1v) is 16.1. The molecule has 6 atom stereocenters. The average molecular weight is 592 g/mol. The molecule has 3 saturated carbocycles. The highest BCUT2D eigenvalue weighted by atomic mass is 16.7. The Bertz CT molecular complexity index is 978. The molecule has 1 saturated heterocycles. The number of hydrogen-bond donors (Lipinski definition) is 3. The van der Waals surface area contributed by atoms with E-state index in [1.165, 1.54) is 0 Å². The fourth-order valence-corrected chi connectivity index (χ4v) is 7.41. The molecule has 42 heavy (non-hydrogen) atoms. The van der Waals surface area contributed by atoms with Gasteiger partial charge in [-0.25, -0.2) is 15.1 Å². The lowest BCUT2D eigenvalue weighted by molar-refractivity contribution is -0.525. The number of Topliss-reactive ketones (excluding diaryl/α,β-unsaturated/α-hetero) is 1. The zero-order chi connectivity index (χ0) is 31.1. The van der Waals surface area contributed by atoms with Crippen molar-refractivity contribution in [2.24, 2.45) is 39.8 Å². The Kier molecular flexibility index (Phi) is 12.2. The van der Waals surface area contributed by atoms with Gasteiger partial charge in [0.15, 0.2) is 5.03 Å². The maximum Gasteiger partial charge on any atom is 0.481 e. The number of nitrogens with two attached hydrogens (primary N) is 1. The second kappa shape index (κ2) is 15.0. The molecule has 0 aromatic carbocycles. The summed E-state index contributed by atoms with van der Waals surface area (Å²) in [6.07, 6.45) is 9.62. The molecule has 1 aliphatic heterocycles. The zero-order valence-electron chi connectivity index (χ0n) is 26.7. The number of ketones is 1. The van der Waals surface area contributed by atoms with E-state index >= 15 is 0 Å². The summed E-state index contributed by atoms with van der Waals surface area (Å²) in [6, 6.07) is 0. The van der Waals surface area contributed by atoms with Crippen LogP contribution in [0.1, 0.15) is 119 Å². The molecule has 4 fully saturated rings. The summed E-state index contributed by atoms with van der Waals surface area (Å²) < 4.78 is 13.2. The topological polar surface area (TPSA) is 158 Å². The van der Waals surface area contributed by atoms with Gasteiger partial charge in [-0.3, -0.25) is 9.59 Å². The van der Waals surface area contributed by atoms with Crippen LogP contribution in [0.2, 0.25) is 0 Å². The second-order valence-corrected chi connectivity index (χ2v) is 14.0. The number of guanidine groups is 1. The highest BCUT2D eigenvalue weighted by Crippen LogP contribution is 2.65. The fourth-order valence-electron chi connectivity index (χ4n) is 7.41.